The number of benzene rings is 1. The van der Waals surface area contributed by atoms with Gasteiger partial charge in [-0.05, 0) is 31.4 Å². The van der Waals surface area contributed by atoms with Crippen molar-refractivity contribution in [1.82, 2.24) is 4.90 Å². The Labute approximate surface area is 125 Å². The zero-order chi connectivity index (χ0) is 15.6. The summed E-state index contributed by atoms with van der Waals surface area (Å²) in [5.41, 5.74) is 2.13. The van der Waals surface area contributed by atoms with Crippen LogP contribution in [0.1, 0.15) is 30.5 Å². The van der Waals surface area contributed by atoms with Crippen molar-refractivity contribution < 1.29 is 18.3 Å². The molecule has 1 saturated heterocycles. The van der Waals surface area contributed by atoms with Crippen LogP contribution in [0.4, 0.5) is 0 Å². The molecule has 0 aliphatic carbocycles. The normalized spacial score (nSPS) is 22.3. The largest absolute Gasteiger partial charge is 0.480 e. The molecule has 1 heterocycles. The van der Waals surface area contributed by atoms with E-state index in [1.165, 1.54) is 0 Å². The third kappa shape index (κ3) is 3.83. The number of carboxylic acid groups (broad SMARTS) is 1. The Bertz CT molecular complexity index is 626. The Morgan fingerprint density at radius 1 is 1.43 bits per heavy atom. The van der Waals surface area contributed by atoms with Gasteiger partial charge in [0.05, 0.1) is 18.1 Å². The van der Waals surface area contributed by atoms with Gasteiger partial charge in [0, 0.05) is 12.1 Å². The first kappa shape index (κ1) is 16.0. The molecule has 116 valence electrons. The second kappa shape index (κ2) is 6.15. The quantitative estimate of drug-likeness (QED) is 0.894. The highest BCUT2D eigenvalue weighted by molar-refractivity contribution is 7.91. The van der Waals surface area contributed by atoms with Crippen LogP contribution in [0.25, 0.3) is 0 Å². The van der Waals surface area contributed by atoms with Crippen LogP contribution < -0.4 is 0 Å². The first-order chi connectivity index (χ1) is 9.80. The molecule has 0 aromatic heterocycles. The maximum atomic E-state index is 11.7. The highest BCUT2D eigenvalue weighted by Gasteiger charge is 2.35. The molecule has 1 aliphatic rings. The molecule has 0 radical (unpaired) electrons. The number of aryl methyl sites for hydroxylation is 1. The molecule has 1 N–H and O–H groups in total. The van der Waals surface area contributed by atoms with Crippen molar-refractivity contribution in [2.75, 3.05) is 18.1 Å². The Morgan fingerprint density at radius 2 is 2.10 bits per heavy atom. The molecule has 6 heteroatoms. The van der Waals surface area contributed by atoms with Crippen molar-refractivity contribution in [2.45, 2.75) is 32.4 Å². The van der Waals surface area contributed by atoms with Gasteiger partial charge in [-0.3, -0.25) is 9.69 Å². The molecule has 0 bridgehead atoms. The van der Waals surface area contributed by atoms with Crippen molar-refractivity contribution in [3.05, 3.63) is 35.4 Å². The van der Waals surface area contributed by atoms with E-state index in [4.69, 9.17) is 5.11 Å². The minimum Gasteiger partial charge on any atom is -0.480 e. The number of rotatable bonds is 5. The van der Waals surface area contributed by atoms with Gasteiger partial charge < -0.3 is 5.11 Å². The molecule has 2 unspecified atom stereocenters. The average molecular weight is 311 g/mol. The van der Waals surface area contributed by atoms with Crippen LogP contribution in [0, 0.1) is 6.92 Å². The number of hydrogen-bond donors (Lipinski definition) is 1. The van der Waals surface area contributed by atoms with Crippen LogP contribution in [-0.2, 0) is 14.6 Å². The van der Waals surface area contributed by atoms with Gasteiger partial charge in [0.2, 0.25) is 0 Å². The van der Waals surface area contributed by atoms with Gasteiger partial charge in [0.15, 0.2) is 9.84 Å². The van der Waals surface area contributed by atoms with Crippen molar-refractivity contribution in [3.63, 3.8) is 0 Å². The molecule has 5 nitrogen and oxygen atoms in total. The van der Waals surface area contributed by atoms with Gasteiger partial charge in [-0.15, -0.1) is 0 Å². The van der Waals surface area contributed by atoms with Gasteiger partial charge in [0.25, 0.3) is 0 Å². The van der Waals surface area contributed by atoms with E-state index in [-0.39, 0.29) is 30.1 Å². The number of hydrogen-bond acceptors (Lipinski definition) is 4. The van der Waals surface area contributed by atoms with E-state index in [1.54, 1.807) is 4.90 Å². The summed E-state index contributed by atoms with van der Waals surface area (Å²) in [4.78, 5) is 13.0. The predicted molar refractivity (Wildman–Crippen MR) is 81.0 cm³/mol. The van der Waals surface area contributed by atoms with E-state index in [0.29, 0.717) is 6.42 Å². The Balaban J connectivity index is 2.28. The van der Waals surface area contributed by atoms with Gasteiger partial charge in [-0.25, -0.2) is 8.42 Å². The summed E-state index contributed by atoms with van der Waals surface area (Å²) < 4.78 is 23.4. The fourth-order valence-corrected chi connectivity index (χ4v) is 4.75. The molecule has 1 aromatic rings. The summed E-state index contributed by atoms with van der Waals surface area (Å²) in [6.45, 7) is 3.78. The molecular formula is C15H21NO4S. The molecule has 1 fully saturated rings. The van der Waals surface area contributed by atoms with Crippen molar-refractivity contribution >= 4 is 15.8 Å². The molecule has 0 spiro atoms. The topological polar surface area (TPSA) is 74.7 Å². The number of sulfone groups is 1. The molecule has 2 rings (SSSR count). The lowest BCUT2D eigenvalue weighted by Crippen LogP contribution is -2.41. The van der Waals surface area contributed by atoms with E-state index in [9.17, 15) is 13.2 Å². The Hall–Kier alpha value is -1.40. The smallest absolute Gasteiger partial charge is 0.317 e. The third-order valence-corrected chi connectivity index (χ3v) is 5.88. The highest BCUT2D eigenvalue weighted by atomic mass is 32.2. The molecule has 2 atom stereocenters. The maximum absolute atomic E-state index is 11.7. The highest BCUT2D eigenvalue weighted by Crippen LogP contribution is 2.29. The first-order valence-electron chi connectivity index (χ1n) is 7.03. The summed E-state index contributed by atoms with van der Waals surface area (Å²) in [5, 5.41) is 9.15. The van der Waals surface area contributed by atoms with Gasteiger partial charge in [0.1, 0.15) is 0 Å². The van der Waals surface area contributed by atoms with Crippen molar-refractivity contribution in [1.29, 1.82) is 0 Å². The molecule has 1 aromatic carbocycles. The number of carboxylic acids is 1. The maximum Gasteiger partial charge on any atom is 0.317 e. The fraction of sp³-hybridized carbons (Fsp3) is 0.533. The van der Waals surface area contributed by atoms with Crippen LogP contribution >= 0.6 is 0 Å². The SMILES string of the molecule is Cc1ccccc1C(C)N(CC(=O)O)C1CCS(=O)(=O)C1. The second-order valence-electron chi connectivity index (χ2n) is 5.66. The zero-order valence-electron chi connectivity index (χ0n) is 12.3. The van der Waals surface area contributed by atoms with E-state index in [2.05, 4.69) is 0 Å². The van der Waals surface area contributed by atoms with Crippen LogP contribution in [-0.4, -0.2) is 48.5 Å². The lowest BCUT2D eigenvalue weighted by Gasteiger charge is -2.33. The molecule has 21 heavy (non-hydrogen) atoms. The molecule has 0 amide bonds. The van der Waals surface area contributed by atoms with Crippen LogP contribution in [0.2, 0.25) is 0 Å². The molecule has 1 aliphatic heterocycles. The van der Waals surface area contributed by atoms with Crippen molar-refractivity contribution in [2.24, 2.45) is 0 Å². The Kier molecular flexibility index (Phi) is 4.68. The standard InChI is InChI=1S/C15H21NO4S/c1-11-5-3-4-6-14(11)12(2)16(9-15(17)18)13-7-8-21(19,20)10-13/h3-6,12-13H,7-10H2,1-2H3,(H,17,18). The zero-order valence-corrected chi connectivity index (χ0v) is 13.1. The minimum absolute atomic E-state index is 0.0521. The summed E-state index contributed by atoms with van der Waals surface area (Å²) in [7, 11) is -3.04. The fourth-order valence-electron chi connectivity index (χ4n) is 3.01. The first-order valence-corrected chi connectivity index (χ1v) is 8.86. The lowest BCUT2D eigenvalue weighted by atomic mass is 9.99. The van der Waals surface area contributed by atoms with E-state index >= 15 is 0 Å². The minimum atomic E-state index is -3.04. The summed E-state index contributed by atoms with van der Waals surface area (Å²) in [6.07, 6.45) is 0.506. The van der Waals surface area contributed by atoms with E-state index < -0.39 is 15.8 Å². The average Bonchev–Trinajstić information content (AvgIpc) is 2.76. The van der Waals surface area contributed by atoms with Crippen LogP contribution in [0.5, 0.6) is 0 Å². The van der Waals surface area contributed by atoms with E-state index in [1.807, 2.05) is 38.1 Å². The summed E-state index contributed by atoms with van der Waals surface area (Å²) >= 11 is 0. The molecular weight excluding hydrogens is 290 g/mol. The number of aliphatic carboxylic acids is 1. The number of carbonyl (C=O) groups is 1. The van der Waals surface area contributed by atoms with Crippen molar-refractivity contribution in [3.8, 4) is 0 Å². The van der Waals surface area contributed by atoms with Gasteiger partial charge in [-0.1, -0.05) is 24.3 Å². The van der Waals surface area contributed by atoms with Gasteiger partial charge >= 0.3 is 5.97 Å². The third-order valence-electron chi connectivity index (χ3n) is 4.13. The van der Waals surface area contributed by atoms with E-state index in [0.717, 1.165) is 11.1 Å². The lowest BCUT2D eigenvalue weighted by molar-refractivity contribution is -0.139. The Morgan fingerprint density at radius 3 is 2.62 bits per heavy atom. The molecule has 0 saturated carbocycles. The monoisotopic (exact) mass is 311 g/mol. The summed E-state index contributed by atoms with van der Waals surface area (Å²) in [5.74, 6) is -0.732. The van der Waals surface area contributed by atoms with Crippen LogP contribution in [0.3, 0.4) is 0 Å². The van der Waals surface area contributed by atoms with Crippen LogP contribution in [0.15, 0.2) is 24.3 Å². The number of nitrogens with zero attached hydrogens (tertiary/aromatic N) is 1. The van der Waals surface area contributed by atoms with Gasteiger partial charge in [-0.2, -0.15) is 0 Å². The summed E-state index contributed by atoms with van der Waals surface area (Å²) in [6, 6.07) is 7.46. The predicted octanol–water partition coefficient (Wildman–Crippen LogP) is 1.63. The second-order valence-corrected chi connectivity index (χ2v) is 7.88.